The van der Waals surface area contributed by atoms with Gasteiger partial charge in [0.1, 0.15) is 0 Å². The van der Waals surface area contributed by atoms with E-state index in [-0.39, 0.29) is 0 Å². The minimum absolute atomic E-state index is 0.467. The highest BCUT2D eigenvalue weighted by Crippen LogP contribution is 2.49. The molecule has 1 saturated carbocycles. The molecule has 0 bridgehead atoms. The summed E-state index contributed by atoms with van der Waals surface area (Å²) < 4.78 is 5.23. The Kier molecular flexibility index (Phi) is 3.25. The van der Waals surface area contributed by atoms with E-state index in [2.05, 4.69) is 106 Å². The van der Waals surface area contributed by atoms with Crippen LogP contribution in [0.3, 0.4) is 0 Å². The molecule has 0 aliphatic heterocycles. The second-order valence-electron chi connectivity index (χ2n) is 8.52. The summed E-state index contributed by atoms with van der Waals surface area (Å²) in [6.07, 6.45) is 2.43. The van der Waals surface area contributed by atoms with Gasteiger partial charge in [-0.3, -0.25) is 0 Å². The number of benzene rings is 4. The van der Waals surface area contributed by atoms with E-state index in [1.165, 1.54) is 56.5 Å². The van der Waals surface area contributed by atoms with Crippen LogP contribution in [-0.4, -0.2) is 9.13 Å². The topological polar surface area (TPSA) is 9.86 Å². The van der Waals surface area contributed by atoms with Crippen molar-refractivity contribution >= 4 is 43.6 Å². The fraction of sp³-hybridized carbons (Fsp3) is 0.143. The van der Waals surface area contributed by atoms with E-state index in [0.717, 1.165) is 0 Å². The van der Waals surface area contributed by atoms with Crippen molar-refractivity contribution in [2.45, 2.75) is 24.9 Å². The van der Waals surface area contributed by atoms with Crippen molar-refractivity contribution in [1.82, 2.24) is 9.13 Å². The van der Waals surface area contributed by atoms with Crippen molar-refractivity contribution in [1.29, 1.82) is 0 Å². The summed E-state index contributed by atoms with van der Waals surface area (Å²) in [7, 11) is 0. The maximum atomic E-state index is 2.61. The molecule has 0 radical (unpaired) electrons. The molecular weight excluding hydrogens is 364 g/mol. The predicted octanol–water partition coefficient (Wildman–Crippen LogP) is 7.48. The number of para-hydroxylation sites is 4. The lowest BCUT2D eigenvalue weighted by Gasteiger charge is -2.40. The molecule has 2 heteroatoms. The second-order valence-corrected chi connectivity index (χ2v) is 8.52. The van der Waals surface area contributed by atoms with E-state index >= 15 is 0 Å². The Morgan fingerprint density at radius 2 is 0.667 bits per heavy atom. The molecule has 30 heavy (non-hydrogen) atoms. The van der Waals surface area contributed by atoms with E-state index in [9.17, 15) is 0 Å². The second kappa shape index (κ2) is 5.99. The molecule has 7 rings (SSSR count). The Bertz CT molecular complexity index is 1340. The van der Waals surface area contributed by atoms with Crippen LogP contribution in [0.5, 0.6) is 0 Å². The minimum atomic E-state index is 0.467. The highest BCUT2D eigenvalue weighted by molar-refractivity contribution is 6.09. The monoisotopic (exact) mass is 386 g/mol. The molecule has 0 amide bonds. The molecule has 2 atom stereocenters. The molecule has 144 valence electrons. The molecule has 0 saturated heterocycles. The third kappa shape index (κ3) is 2.03. The number of hydrogen-bond acceptors (Lipinski definition) is 0. The summed E-state index contributed by atoms with van der Waals surface area (Å²) in [6.45, 7) is 0. The number of fused-ring (bicyclic) bond motifs is 6. The lowest BCUT2D eigenvalue weighted by atomic mass is 9.85. The Hall–Kier alpha value is -3.52. The zero-order valence-corrected chi connectivity index (χ0v) is 16.7. The van der Waals surface area contributed by atoms with Gasteiger partial charge < -0.3 is 9.13 Å². The number of rotatable bonds is 2. The summed E-state index contributed by atoms with van der Waals surface area (Å²) in [5.41, 5.74) is 5.42. The smallest absolute Gasteiger partial charge is 0.0551 e. The van der Waals surface area contributed by atoms with Gasteiger partial charge in [0.2, 0.25) is 0 Å². The highest BCUT2D eigenvalue weighted by Gasteiger charge is 2.37. The maximum Gasteiger partial charge on any atom is 0.0551 e. The van der Waals surface area contributed by atoms with Gasteiger partial charge in [0, 0.05) is 43.6 Å². The van der Waals surface area contributed by atoms with E-state index < -0.39 is 0 Å². The van der Waals surface area contributed by atoms with Crippen LogP contribution in [0.25, 0.3) is 43.6 Å². The van der Waals surface area contributed by atoms with Gasteiger partial charge >= 0.3 is 0 Å². The van der Waals surface area contributed by atoms with E-state index in [1.54, 1.807) is 0 Å². The van der Waals surface area contributed by atoms with Crippen LogP contribution in [0.15, 0.2) is 97.1 Å². The lowest BCUT2D eigenvalue weighted by molar-refractivity contribution is 0.205. The lowest BCUT2D eigenvalue weighted by Crippen LogP contribution is -2.31. The molecule has 2 heterocycles. The standard InChI is InChI=1S/C28H22N2/c1-5-13-23-19(9-1)20-10-2-6-14-24(20)29(23)27-17-18-28(27)30-25-15-7-3-11-21(25)22-12-4-8-16-26(22)30/h1-16,27-28H,17-18H2/t27-,28?/m1/s1. The maximum absolute atomic E-state index is 2.61. The summed E-state index contributed by atoms with van der Waals surface area (Å²) in [6, 6.07) is 36.5. The van der Waals surface area contributed by atoms with Crippen molar-refractivity contribution in [3.8, 4) is 0 Å². The quantitative estimate of drug-likeness (QED) is 0.292. The molecule has 1 fully saturated rings. The normalized spacial score (nSPS) is 19.1. The zero-order valence-electron chi connectivity index (χ0n) is 16.7. The largest absolute Gasteiger partial charge is 0.335 e. The van der Waals surface area contributed by atoms with Crippen LogP contribution in [0.4, 0.5) is 0 Å². The number of nitrogens with zero attached hydrogens (tertiary/aromatic N) is 2. The van der Waals surface area contributed by atoms with Crippen LogP contribution < -0.4 is 0 Å². The Labute approximate surface area is 175 Å². The van der Waals surface area contributed by atoms with Gasteiger partial charge in [-0.1, -0.05) is 72.8 Å². The van der Waals surface area contributed by atoms with Crippen molar-refractivity contribution in [3.05, 3.63) is 97.1 Å². The molecule has 6 aromatic rings. The molecule has 1 aliphatic rings. The van der Waals surface area contributed by atoms with Crippen LogP contribution in [0, 0.1) is 0 Å². The molecular formula is C28H22N2. The van der Waals surface area contributed by atoms with Gasteiger partial charge in [0.05, 0.1) is 12.1 Å². The Morgan fingerprint density at radius 3 is 0.933 bits per heavy atom. The average molecular weight is 386 g/mol. The Morgan fingerprint density at radius 1 is 0.400 bits per heavy atom. The van der Waals surface area contributed by atoms with Crippen molar-refractivity contribution in [2.24, 2.45) is 0 Å². The van der Waals surface area contributed by atoms with Crippen molar-refractivity contribution < 1.29 is 0 Å². The van der Waals surface area contributed by atoms with Gasteiger partial charge in [0.15, 0.2) is 0 Å². The molecule has 2 aromatic heterocycles. The molecule has 4 aromatic carbocycles. The third-order valence-electron chi connectivity index (χ3n) is 7.10. The molecule has 0 N–H and O–H groups in total. The van der Waals surface area contributed by atoms with Crippen LogP contribution in [0.1, 0.15) is 24.9 Å². The number of aromatic nitrogens is 2. The highest BCUT2D eigenvalue weighted by atomic mass is 15.1. The molecule has 0 spiro atoms. The third-order valence-corrected chi connectivity index (χ3v) is 7.10. The average Bonchev–Trinajstić information content (AvgIpc) is 3.28. The summed E-state index contributed by atoms with van der Waals surface area (Å²) in [5, 5.41) is 5.45. The van der Waals surface area contributed by atoms with Gasteiger partial charge in [-0.25, -0.2) is 0 Å². The summed E-state index contributed by atoms with van der Waals surface area (Å²) >= 11 is 0. The first-order chi connectivity index (χ1) is 14.9. The molecule has 2 nitrogen and oxygen atoms in total. The van der Waals surface area contributed by atoms with E-state index in [4.69, 9.17) is 0 Å². The first-order valence-electron chi connectivity index (χ1n) is 10.9. The summed E-state index contributed by atoms with van der Waals surface area (Å²) in [5.74, 6) is 0. The van der Waals surface area contributed by atoms with E-state index in [0.29, 0.717) is 12.1 Å². The van der Waals surface area contributed by atoms with Crippen LogP contribution in [0.2, 0.25) is 0 Å². The van der Waals surface area contributed by atoms with Crippen molar-refractivity contribution in [2.75, 3.05) is 0 Å². The number of hydrogen-bond donors (Lipinski definition) is 0. The SMILES string of the molecule is c1ccc2c(c1)c1ccccc1n2C1CC[C@H]1n1c2ccccc2c2ccccc21. The molecule has 1 unspecified atom stereocenters. The zero-order chi connectivity index (χ0) is 19.7. The van der Waals surface area contributed by atoms with Crippen molar-refractivity contribution in [3.63, 3.8) is 0 Å². The molecule has 1 aliphatic carbocycles. The van der Waals surface area contributed by atoms with Gasteiger partial charge in [-0.05, 0) is 37.1 Å². The van der Waals surface area contributed by atoms with Gasteiger partial charge in [-0.2, -0.15) is 0 Å². The van der Waals surface area contributed by atoms with Gasteiger partial charge in [0.25, 0.3) is 0 Å². The Balaban J connectivity index is 1.50. The van der Waals surface area contributed by atoms with Crippen LogP contribution in [-0.2, 0) is 0 Å². The first kappa shape index (κ1) is 16.3. The van der Waals surface area contributed by atoms with E-state index in [1.807, 2.05) is 0 Å². The van der Waals surface area contributed by atoms with Gasteiger partial charge in [-0.15, -0.1) is 0 Å². The fourth-order valence-corrected chi connectivity index (χ4v) is 5.69. The summed E-state index contributed by atoms with van der Waals surface area (Å²) in [4.78, 5) is 0. The van der Waals surface area contributed by atoms with Crippen LogP contribution >= 0.6 is 0 Å². The first-order valence-corrected chi connectivity index (χ1v) is 10.9. The minimum Gasteiger partial charge on any atom is -0.335 e. The fourth-order valence-electron chi connectivity index (χ4n) is 5.69. The predicted molar refractivity (Wildman–Crippen MR) is 126 cm³/mol.